The van der Waals surface area contributed by atoms with Crippen LogP contribution in [0.1, 0.15) is 24.4 Å². The highest BCUT2D eigenvalue weighted by molar-refractivity contribution is 6.03. The lowest BCUT2D eigenvalue weighted by molar-refractivity contribution is -0.127. The number of nitrogens with zero attached hydrogens (tertiary/aromatic N) is 2. The van der Waals surface area contributed by atoms with Crippen molar-refractivity contribution in [3.8, 4) is 0 Å². The predicted molar refractivity (Wildman–Crippen MR) is 130 cm³/mol. The Labute approximate surface area is 207 Å². The molecule has 1 unspecified atom stereocenters. The first-order valence-corrected chi connectivity index (χ1v) is 11.2. The van der Waals surface area contributed by atoms with E-state index < -0.39 is 35.4 Å². The van der Waals surface area contributed by atoms with Crippen molar-refractivity contribution in [1.29, 1.82) is 0 Å². The van der Waals surface area contributed by atoms with E-state index in [0.717, 1.165) is 11.0 Å². The number of amides is 3. The number of carbonyl (C=O) groups is 3. The lowest BCUT2D eigenvalue weighted by atomic mass is 10.0. The number of benzene rings is 2. The van der Waals surface area contributed by atoms with Crippen LogP contribution in [-0.4, -0.2) is 43.0 Å². The van der Waals surface area contributed by atoms with Gasteiger partial charge in [0.25, 0.3) is 0 Å². The molecule has 36 heavy (non-hydrogen) atoms. The summed E-state index contributed by atoms with van der Waals surface area (Å²) in [6, 6.07) is 14.0. The second kappa shape index (κ2) is 13.1. The number of halogens is 2. The highest BCUT2D eigenvalue weighted by Gasteiger charge is 2.33. The van der Waals surface area contributed by atoms with Gasteiger partial charge in [0.1, 0.15) is 23.5 Å². The number of aromatic nitrogens is 1. The van der Waals surface area contributed by atoms with E-state index in [-0.39, 0.29) is 31.7 Å². The van der Waals surface area contributed by atoms with Crippen molar-refractivity contribution >= 4 is 29.2 Å². The number of carbonyl (C=O) groups excluding carboxylic acids is 3. The third kappa shape index (κ3) is 7.41. The summed E-state index contributed by atoms with van der Waals surface area (Å²) in [5, 5.41) is 5.27. The van der Waals surface area contributed by atoms with Gasteiger partial charge in [-0.15, -0.1) is 0 Å². The molecule has 1 aromatic heterocycles. The normalized spacial score (nSPS) is 11.4. The van der Waals surface area contributed by atoms with E-state index in [0.29, 0.717) is 11.4 Å². The van der Waals surface area contributed by atoms with Crippen molar-refractivity contribution in [2.24, 2.45) is 0 Å². The minimum atomic E-state index is -1.25. The van der Waals surface area contributed by atoms with E-state index in [9.17, 15) is 23.2 Å². The number of ether oxygens (including phenoxy) is 1. The van der Waals surface area contributed by atoms with E-state index in [2.05, 4.69) is 15.6 Å². The Hall–Kier alpha value is -4.18. The zero-order valence-corrected chi connectivity index (χ0v) is 19.6. The molecule has 0 aliphatic heterocycles. The van der Waals surface area contributed by atoms with E-state index in [4.69, 9.17) is 4.74 Å². The number of pyridine rings is 1. The molecule has 0 saturated heterocycles. The second-order valence-electron chi connectivity index (χ2n) is 7.74. The highest BCUT2D eigenvalue weighted by Crippen LogP contribution is 2.30. The average Bonchev–Trinajstić information content (AvgIpc) is 2.87. The minimum absolute atomic E-state index is 0.112. The van der Waals surface area contributed by atoms with Gasteiger partial charge in [0.2, 0.25) is 17.7 Å². The van der Waals surface area contributed by atoms with Gasteiger partial charge in [0, 0.05) is 38.4 Å². The maximum Gasteiger partial charge on any atom is 0.247 e. The number of rotatable bonds is 11. The van der Waals surface area contributed by atoms with Crippen LogP contribution in [0.4, 0.5) is 20.3 Å². The Bertz CT molecular complexity index is 1180. The summed E-state index contributed by atoms with van der Waals surface area (Å²) in [5.74, 6) is -2.44. The number of anilines is 2. The third-order valence-electron chi connectivity index (χ3n) is 5.15. The molecule has 1 atom stereocenters. The summed E-state index contributed by atoms with van der Waals surface area (Å²) < 4.78 is 32.7. The maximum absolute atomic E-state index is 14.1. The van der Waals surface area contributed by atoms with Crippen molar-refractivity contribution < 1.29 is 27.9 Å². The molecule has 3 amide bonds. The van der Waals surface area contributed by atoms with Crippen LogP contribution in [0.25, 0.3) is 0 Å². The molecule has 0 spiro atoms. The van der Waals surface area contributed by atoms with Gasteiger partial charge in [0.15, 0.2) is 0 Å². The molecule has 2 N–H and O–H groups in total. The summed E-state index contributed by atoms with van der Waals surface area (Å²) in [7, 11) is 1.47. The van der Waals surface area contributed by atoms with Gasteiger partial charge in [-0.1, -0.05) is 24.3 Å². The van der Waals surface area contributed by atoms with Crippen LogP contribution in [-0.2, 0) is 19.1 Å². The van der Waals surface area contributed by atoms with Crippen molar-refractivity contribution in [3.05, 3.63) is 90.1 Å². The predicted octanol–water partition coefficient (Wildman–Crippen LogP) is 3.62. The maximum atomic E-state index is 14.1. The summed E-state index contributed by atoms with van der Waals surface area (Å²) in [5.41, 5.74) is 0.420. The number of hydrogen-bond acceptors (Lipinski definition) is 5. The Morgan fingerprint density at radius 1 is 0.972 bits per heavy atom. The van der Waals surface area contributed by atoms with Gasteiger partial charge in [-0.2, -0.15) is 0 Å². The lowest BCUT2D eigenvalue weighted by Crippen LogP contribution is -2.45. The Balaban J connectivity index is 1.90. The highest BCUT2D eigenvalue weighted by atomic mass is 19.1. The van der Waals surface area contributed by atoms with Crippen molar-refractivity contribution in [1.82, 2.24) is 10.3 Å². The standard InChI is InChI=1S/C26H26F2N4O4/c1-36-16-15-30-26(35)25(18-8-10-19(27)11-9-18)32(21-6-4-5-20(28)17-21)24(34)13-12-23(33)31-22-7-2-3-14-29-22/h2-11,14,17,25H,12-13,15-16H2,1H3,(H,30,35)(H,29,31,33). The van der Waals surface area contributed by atoms with Gasteiger partial charge in [-0.3, -0.25) is 19.3 Å². The van der Waals surface area contributed by atoms with Crippen molar-refractivity contribution in [2.75, 3.05) is 30.5 Å². The number of nitrogens with one attached hydrogen (secondary N) is 2. The first-order chi connectivity index (χ1) is 17.4. The van der Waals surface area contributed by atoms with E-state index in [1.54, 1.807) is 18.2 Å². The molecule has 10 heteroatoms. The van der Waals surface area contributed by atoms with E-state index in [1.165, 1.54) is 55.8 Å². The molecule has 0 fully saturated rings. The van der Waals surface area contributed by atoms with Crippen LogP contribution in [0.3, 0.4) is 0 Å². The number of hydrogen-bond donors (Lipinski definition) is 2. The smallest absolute Gasteiger partial charge is 0.247 e. The zero-order chi connectivity index (χ0) is 25.9. The largest absolute Gasteiger partial charge is 0.383 e. The van der Waals surface area contributed by atoms with Crippen molar-refractivity contribution in [2.45, 2.75) is 18.9 Å². The third-order valence-corrected chi connectivity index (χ3v) is 5.15. The molecule has 188 valence electrons. The molecule has 0 saturated carbocycles. The van der Waals surface area contributed by atoms with E-state index >= 15 is 0 Å². The molecule has 3 aromatic rings. The topological polar surface area (TPSA) is 101 Å². The van der Waals surface area contributed by atoms with Crippen LogP contribution in [0.2, 0.25) is 0 Å². The Morgan fingerprint density at radius 2 is 1.75 bits per heavy atom. The fraction of sp³-hybridized carbons (Fsp3) is 0.231. The van der Waals surface area contributed by atoms with Gasteiger partial charge in [-0.25, -0.2) is 13.8 Å². The average molecular weight is 497 g/mol. The fourth-order valence-electron chi connectivity index (χ4n) is 3.48. The number of methoxy groups -OCH3 is 1. The van der Waals surface area contributed by atoms with Crippen LogP contribution in [0, 0.1) is 11.6 Å². The van der Waals surface area contributed by atoms with Gasteiger partial charge in [-0.05, 0) is 48.0 Å². The summed E-state index contributed by atoms with van der Waals surface area (Å²) in [4.78, 5) is 44.2. The molecule has 8 nitrogen and oxygen atoms in total. The summed E-state index contributed by atoms with van der Waals surface area (Å²) >= 11 is 0. The summed E-state index contributed by atoms with van der Waals surface area (Å²) in [6.45, 7) is 0.383. The molecule has 3 rings (SSSR count). The fourth-order valence-corrected chi connectivity index (χ4v) is 3.48. The molecule has 2 aromatic carbocycles. The van der Waals surface area contributed by atoms with Crippen molar-refractivity contribution in [3.63, 3.8) is 0 Å². The second-order valence-corrected chi connectivity index (χ2v) is 7.74. The zero-order valence-electron chi connectivity index (χ0n) is 19.6. The minimum Gasteiger partial charge on any atom is -0.383 e. The summed E-state index contributed by atoms with van der Waals surface area (Å²) in [6.07, 6.45) is 1.03. The first kappa shape index (κ1) is 26.4. The molecule has 1 heterocycles. The monoisotopic (exact) mass is 496 g/mol. The SMILES string of the molecule is COCCNC(=O)C(c1ccc(F)cc1)N(C(=O)CCC(=O)Nc1ccccn1)c1cccc(F)c1. The van der Waals surface area contributed by atoms with Crippen LogP contribution in [0.5, 0.6) is 0 Å². The first-order valence-electron chi connectivity index (χ1n) is 11.2. The molecule has 0 aliphatic rings. The quantitative estimate of drug-likeness (QED) is 0.395. The van der Waals surface area contributed by atoms with E-state index in [1.807, 2.05) is 0 Å². The van der Waals surface area contributed by atoms with Gasteiger partial charge < -0.3 is 15.4 Å². The molecule has 0 radical (unpaired) electrons. The molecule has 0 bridgehead atoms. The Kier molecular flexibility index (Phi) is 9.58. The molecule has 0 aliphatic carbocycles. The Morgan fingerprint density at radius 3 is 2.42 bits per heavy atom. The van der Waals surface area contributed by atoms with Gasteiger partial charge in [0.05, 0.1) is 6.61 Å². The molecular weight excluding hydrogens is 470 g/mol. The van der Waals surface area contributed by atoms with Gasteiger partial charge >= 0.3 is 0 Å². The lowest BCUT2D eigenvalue weighted by Gasteiger charge is -2.31. The van der Waals surface area contributed by atoms with Crippen LogP contribution < -0.4 is 15.5 Å². The van der Waals surface area contributed by atoms with Crippen LogP contribution in [0.15, 0.2) is 72.9 Å². The molecular formula is C26H26F2N4O4. The van der Waals surface area contributed by atoms with Crippen LogP contribution >= 0.6 is 0 Å².